The Morgan fingerprint density at radius 2 is 2.36 bits per heavy atom. The summed E-state index contributed by atoms with van der Waals surface area (Å²) in [5.41, 5.74) is 0. The molecule has 0 bridgehead atoms. The molecule has 0 fully saturated rings. The number of aliphatic hydroxyl groups is 1. The van der Waals surface area contributed by atoms with Gasteiger partial charge in [-0.2, -0.15) is 0 Å². The molecule has 0 radical (unpaired) electrons. The van der Waals surface area contributed by atoms with Crippen molar-refractivity contribution in [2.24, 2.45) is 0 Å². The lowest BCUT2D eigenvalue weighted by atomic mass is 10.3. The second-order valence-corrected chi connectivity index (χ2v) is 3.20. The average Bonchev–Trinajstić information content (AvgIpc) is 2.33. The van der Waals surface area contributed by atoms with Crippen LogP contribution in [0.3, 0.4) is 0 Å². The minimum absolute atomic E-state index is 0.0703. The lowest BCUT2D eigenvalue weighted by Gasteiger charge is -1.94. The molecular weight excluding hydrogens is 166 g/mol. The van der Waals surface area contributed by atoms with E-state index in [1.807, 2.05) is 0 Å². The smallest absolute Gasteiger partial charge is 0.324 e. The zero-order valence-electron chi connectivity index (χ0n) is 5.85. The van der Waals surface area contributed by atoms with Gasteiger partial charge in [-0.1, -0.05) is 11.3 Å². The van der Waals surface area contributed by atoms with Crippen molar-refractivity contribution in [1.82, 2.24) is 0 Å². The van der Waals surface area contributed by atoms with Crippen LogP contribution < -0.4 is 0 Å². The van der Waals surface area contributed by atoms with Gasteiger partial charge in [0.25, 0.3) is 0 Å². The van der Waals surface area contributed by atoms with Gasteiger partial charge in [0.2, 0.25) is 0 Å². The highest BCUT2D eigenvalue weighted by Crippen LogP contribution is 2.28. The molecule has 1 atom stereocenters. The third-order valence-electron chi connectivity index (χ3n) is 1.20. The largest absolute Gasteiger partial charge is 0.388 e. The van der Waals surface area contributed by atoms with Gasteiger partial charge in [-0.3, -0.25) is 10.1 Å². The van der Waals surface area contributed by atoms with Gasteiger partial charge in [-0.05, 0) is 13.0 Å². The van der Waals surface area contributed by atoms with Crippen LogP contribution in [-0.2, 0) is 0 Å². The summed E-state index contributed by atoms with van der Waals surface area (Å²) in [6.45, 7) is 1.58. The fraction of sp³-hybridized carbons (Fsp3) is 0.333. The first-order valence-electron chi connectivity index (χ1n) is 3.03. The zero-order valence-corrected chi connectivity index (χ0v) is 6.67. The van der Waals surface area contributed by atoms with E-state index in [-0.39, 0.29) is 5.00 Å². The summed E-state index contributed by atoms with van der Waals surface area (Å²) < 4.78 is 0. The molecular formula is C6H7NO3S. The Bertz CT molecular complexity index is 269. The number of aliphatic hydroxyl groups excluding tert-OH is 1. The van der Waals surface area contributed by atoms with Crippen molar-refractivity contribution >= 4 is 16.3 Å². The summed E-state index contributed by atoms with van der Waals surface area (Å²) in [6.07, 6.45) is -0.617. The maximum absolute atomic E-state index is 10.2. The highest BCUT2D eigenvalue weighted by molar-refractivity contribution is 7.15. The normalized spacial score (nSPS) is 12.9. The monoisotopic (exact) mass is 173 g/mol. The van der Waals surface area contributed by atoms with Gasteiger partial charge < -0.3 is 5.11 Å². The molecule has 1 N–H and O–H groups in total. The van der Waals surface area contributed by atoms with Crippen LogP contribution in [0, 0.1) is 10.1 Å². The molecule has 0 saturated heterocycles. The quantitative estimate of drug-likeness (QED) is 0.547. The van der Waals surface area contributed by atoms with Crippen molar-refractivity contribution in [3.05, 3.63) is 27.1 Å². The summed E-state index contributed by atoms with van der Waals surface area (Å²) >= 11 is 1.000. The van der Waals surface area contributed by atoms with E-state index < -0.39 is 11.0 Å². The van der Waals surface area contributed by atoms with E-state index in [0.29, 0.717) is 4.88 Å². The molecule has 5 heteroatoms. The van der Waals surface area contributed by atoms with Crippen molar-refractivity contribution < 1.29 is 10.0 Å². The van der Waals surface area contributed by atoms with E-state index in [1.54, 1.807) is 13.0 Å². The topological polar surface area (TPSA) is 63.4 Å². The van der Waals surface area contributed by atoms with Crippen LogP contribution in [0.25, 0.3) is 0 Å². The van der Waals surface area contributed by atoms with Crippen LogP contribution in [0.2, 0.25) is 0 Å². The van der Waals surface area contributed by atoms with E-state index in [4.69, 9.17) is 5.11 Å². The Balaban J connectivity index is 2.90. The van der Waals surface area contributed by atoms with Gasteiger partial charge in [-0.25, -0.2) is 0 Å². The number of hydrogen-bond acceptors (Lipinski definition) is 4. The molecule has 4 nitrogen and oxygen atoms in total. The van der Waals surface area contributed by atoms with Crippen LogP contribution >= 0.6 is 11.3 Å². The second-order valence-electron chi connectivity index (χ2n) is 2.11. The number of hydrogen-bond donors (Lipinski definition) is 1. The SMILES string of the molecule is CC(O)c1ccc([N+](=O)[O-])s1. The molecule has 0 aliphatic rings. The Kier molecular flexibility index (Phi) is 2.21. The van der Waals surface area contributed by atoms with Crippen LogP contribution in [0.15, 0.2) is 12.1 Å². The van der Waals surface area contributed by atoms with Gasteiger partial charge in [0.1, 0.15) is 0 Å². The third kappa shape index (κ3) is 1.75. The van der Waals surface area contributed by atoms with Crippen molar-refractivity contribution in [3.8, 4) is 0 Å². The molecule has 1 aromatic rings. The molecule has 0 aliphatic carbocycles. The predicted molar refractivity (Wildman–Crippen MR) is 41.6 cm³/mol. The first-order chi connectivity index (χ1) is 5.11. The molecule has 1 rings (SSSR count). The fourth-order valence-electron chi connectivity index (χ4n) is 0.665. The van der Waals surface area contributed by atoms with Crippen molar-refractivity contribution in [1.29, 1.82) is 0 Å². The Morgan fingerprint density at radius 1 is 1.73 bits per heavy atom. The standard InChI is InChI=1S/C6H7NO3S/c1-4(8)5-2-3-6(11-5)7(9)10/h2-4,8H,1H3. The van der Waals surface area contributed by atoms with E-state index in [9.17, 15) is 10.1 Å². The number of nitro groups is 1. The van der Waals surface area contributed by atoms with Crippen LogP contribution in [-0.4, -0.2) is 10.0 Å². The molecule has 0 spiro atoms. The molecule has 60 valence electrons. The van der Waals surface area contributed by atoms with Crippen molar-refractivity contribution in [2.75, 3.05) is 0 Å². The fourth-order valence-corrected chi connectivity index (χ4v) is 1.42. The number of rotatable bonds is 2. The summed E-state index contributed by atoms with van der Waals surface area (Å²) in [4.78, 5) is 10.3. The molecule has 0 saturated carbocycles. The number of nitrogens with zero attached hydrogens (tertiary/aromatic N) is 1. The first-order valence-corrected chi connectivity index (χ1v) is 3.85. The third-order valence-corrected chi connectivity index (χ3v) is 2.41. The Labute approximate surface area is 67.2 Å². The van der Waals surface area contributed by atoms with E-state index >= 15 is 0 Å². The minimum atomic E-state index is -0.617. The average molecular weight is 173 g/mol. The van der Waals surface area contributed by atoms with Gasteiger partial charge >= 0.3 is 5.00 Å². The van der Waals surface area contributed by atoms with Crippen LogP contribution in [0.1, 0.15) is 17.9 Å². The van der Waals surface area contributed by atoms with E-state index in [0.717, 1.165) is 11.3 Å². The highest BCUT2D eigenvalue weighted by atomic mass is 32.1. The van der Waals surface area contributed by atoms with Gasteiger partial charge in [0.15, 0.2) is 0 Å². The van der Waals surface area contributed by atoms with Crippen molar-refractivity contribution in [2.45, 2.75) is 13.0 Å². The van der Waals surface area contributed by atoms with E-state index in [1.165, 1.54) is 6.07 Å². The summed E-state index contributed by atoms with van der Waals surface area (Å²) in [7, 11) is 0. The Hall–Kier alpha value is -0.940. The van der Waals surface area contributed by atoms with Gasteiger partial charge in [0, 0.05) is 10.9 Å². The molecule has 1 unspecified atom stereocenters. The molecule has 0 amide bonds. The van der Waals surface area contributed by atoms with Crippen molar-refractivity contribution in [3.63, 3.8) is 0 Å². The highest BCUT2D eigenvalue weighted by Gasteiger charge is 2.11. The van der Waals surface area contributed by atoms with Gasteiger partial charge in [0.05, 0.1) is 11.0 Å². The van der Waals surface area contributed by atoms with Crippen LogP contribution in [0.4, 0.5) is 5.00 Å². The predicted octanol–water partition coefficient (Wildman–Crippen LogP) is 1.71. The lowest BCUT2D eigenvalue weighted by Crippen LogP contribution is -1.84. The number of thiophene rings is 1. The van der Waals surface area contributed by atoms with E-state index in [2.05, 4.69) is 0 Å². The summed E-state index contributed by atoms with van der Waals surface area (Å²) in [5.74, 6) is 0. The summed E-state index contributed by atoms with van der Waals surface area (Å²) in [5, 5.41) is 19.2. The lowest BCUT2D eigenvalue weighted by molar-refractivity contribution is -0.380. The van der Waals surface area contributed by atoms with Crippen LogP contribution in [0.5, 0.6) is 0 Å². The first kappa shape index (κ1) is 8.16. The maximum Gasteiger partial charge on any atom is 0.324 e. The maximum atomic E-state index is 10.2. The summed E-state index contributed by atoms with van der Waals surface area (Å²) in [6, 6.07) is 2.96. The molecule has 0 aliphatic heterocycles. The van der Waals surface area contributed by atoms with Gasteiger partial charge in [-0.15, -0.1) is 0 Å². The second kappa shape index (κ2) is 2.98. The molecule has 11 heavy (non-hydrogen) atoms. The molecule has 1 heterocycles. The zero-order chi connectivity index (χ0) is 8.43. The minimum Gasteiger partial charge on any atom is -0.388 e. The molecule has 1 aromatic heterocycles. The molecule has 0 aromatic carbocycles. The Morgan fingerprint density at radius 3 is 2.64 bits per heavy atom.